The van der Waals surface area contributed by atoms with E-state index in [1.165, 1.54) is 0 Å². The number of benzene rings is 1. The second-order valence-corrected chi connectivity index (χ2v) is 2.71. The van der Waals surface area contributed by atoms with Gasteiger partial charge in [-0.15, -0.1) is 0 Å². The second kappa shape index (κ2) is 3.79. The Balaban J connectivity index is 3.20. The minimum Gasteiger partial charge on any atom is -0.388 e. The zero-order chi connectivity index (χ0) is 10.0. The molecule has 0 fully saturated rings. The lowest BCUT2D eigenvalue weighted by Crippen LogP contribution is -2.02. The summed E-state index contributed by atoms with van der Waals surface area (Å²) in [5.41, 5.74) is -0.333. The zero-order valence-corrected chi connectivity index (χ0v) is 7.02. The summed E-state index contributed by atoms with van der Waals surface area (Å²) in [5.74, 6) is -3.35. The molecule has 0 saturated carbocycles. The van der Waals surface area contributed by atoms with E-state index in [9.17, 15) is 18.3 Å². The number of aliphatic hydroxyl groups excluding tert-OH is 1. The SMILES string of the molecule is CCC(O)c1cc(F)cc(F)c1F. The average Bonchev–Trinajstić information content (AvgIpc) is 2.10. The summed E-state index contributed by atoms with van der Waals surface area (Å²) < 4.78 is 38.1. The van der Waals surface area contributed by atoms with Crippen molar-refractivity contribution in [3.63, 3.8) is 0 Å². The van der Waals surface area contributed by atoms with E-state index in [0.29, 0.717) is 6.07 Å². The quantitative estimate of drug-likeness (QED) is 0.710. The summed E-state index contributed by atoms with van der Waals surface area (Å²) in [7, 11) is 0. The fourth-order valence-corrected chi connectivity index (χ4v) is 1.04. The Hall–Kier alpha value is -1.03. The predicted molar refractivity (Wildman–Crippen MR) is 41.6 cm³/mol. The minimum atomic E-state index is -1.28. The molecule has 0 aliphatic heterocycles. The third kappa shape index (κ3) is 2.01. The predicted octanol–water partition coefficient (Wildman–Crippen LogP) is 2.55. The van der Waals surface area contributed by atoms with Crippen LogP contribution in [0, 0.1) is 17.5 Å². The molecule has 0 saturated heterocycles. The maximum Gasteiger partial charge on any atom is 0.164 e. The van der Waals surface area contributed by atoms with Crippen LogP contribution in [-0.2, 0) is 0 Å². The van der Waals surface area contributed by atoms with E-state index in [1.807, 2.05) is 0 Å². The lowest BCUT2D eigenvalue weighted by atomic mass is 10.1. The van der Waals surface area contributed by atoms with Gasteiger partial charge in [-0.05, 0) is 12.5 Å². The normalized spacial score (nSPS) is 13.0. The van der Waals surface area contributed by atoms with Gasteiger partial charge in [0.05, 0.1) is 6.10 Å². The molecule has 1 rings (SSSR count). The van der Waals surface area contributed by atoms with Crippen molar-refractivity contribution in [3.05, 3.63) is 35.1 Å². The lowest BCUT2D eigenvalue weighted by molar-refractivity contribution is 0.167. The Labute approximate surface area is 73.8 Å². The van der Waals surface area contributed by atoms with Gasteiger partial charge in [0.2, 0.25) is 0 Å². The lowest BCUT2D eigenvalue weighted by Gasteiger charge is -2.09. The van der Waals surface area contributed by atoms with Crippen LogP contribution in [0.5, 0.6) is 0 Å². The van der Waals surface area contributed by atoms with Gasteiger partial charge in [-0.1, -0.05) is 6.92 Å². The molecule has 1 N–H and O–H groups in total. The van der Waals surface area contributed by atoms with E-state index in [4.69, 9.17) is 0 Å². The van der Waals surface area contributed by atoms with E-state index < -0.39 is 23.6 Å². The van der Waals surface area contributed by atoms with Gasteiger partial charge < -0.3 is 5.11 Å². The van der Waals surface area contributed by atoms with Crippen molar-refractivity contribution in [1.29, 1.82) is 0 Å². The largest absolute Gasteiger partial charge is 0.388 e. The molecule has 0 bridgehead atoms. The van der Waals surface area contributed by atoms with Crippen molar-refractivity contribution in [1.82, 2.24) is 0 Å². The average molecular weight is 190 g/mol. The molecule has 1 aromatic rings. The summed E-state index contributed by atoms with van der Waals surface area (Å²) in [4.78, 5) is 0. The summed E-state index contributed by atoms with van der Waals surface area (Å²) in [6.45, 7) is 1.59. The van der Waals surface area contributed by atoms with Crippen molar-refractivity contribution < 1.29 is 18.3 Å². The van der Waals surface area contributed by atoms with Gasteiger partial charge >= 0.3 is 0 Å². The van der Waals surface area contributed by atoms with Crippen molar-refractivity contribution in [2.24, 2.45) is 0 Å². The van der Waals surface area contributed by atoms with Crippen LogP contribution in [-0.4, -0.2) is 5.11 Å². The maximum atomic E-state index is 12.9. The molecule has 13 heavy (non-hydrogen) atoms. The Kier molecular flexibility index (Phi) is 2.93. The number of hydrogen-bond acceptors (Lipinski definition) is 1. The van der Waals surface area contributed by atoms with Gasteiger partial charge in [0, 0.05) is 11.6 Å². The molecule has 0 radical (unpaired) electrons. The molecular formula is C9H9F3O. The molecule has 0 spiro atoms. The first-order valence-electron chi connectivity index (χ1n) is 3.88. The van der Waals surface area contributed by atoms with Gasteiger partial charge in [-0.25, -0.2) is 13.2 Å². The van der Waals surface area contributed by atoms with Crippen LogP contribution in [0.15, 0.2) is 12.1 Å². The monoisotopic (exact) mass is 190 g/mol. The van der Waals surface area contributed by atoms with Crippen molar-refractivity contribution in [3.8, 4) is 0 Å². The molecule has 0 aliphatic carbocycles. The molecule has 1 atom stereocenters. The van der Waals surface area contributed by atoms with Gasteiger partial charge in [0.1, 0.15) is 5.82 Å². The number of rotatable bonds is 2. The van der Waals surface area contributed by atoms with Crippen LogP contribution in [0.25, 0.3) is 0 Å². The Morgan fingerprint density at radius 3 is 2.46 bits per heavy atom. The molecule has 72 valence electrons. The first kappa shape index (κ1) is 10.1. The van der Waals surface area contributed by atoms with Crippen LogP contribution in [0.4, 0.5) is 13.2 Å². The topological polar surface area (TPSA) is 20.2 Å². The highest BCUT2D eigenvalue weighted by atomic mass is 19.2. The first-order chi connectivity index (χ1) is 6.06. The van der Waals surface area contributed by atoms with Crippen molar-refractivity contribution in [2.75, 3.05) is 0 Å². The first-order valence-corrected chi connectivity index (χ1v) is 3.88. The maximum absolute atomic E-state index is 12.9. The smallest absolute Gasteiger partial charge is 0.164 e. The van der Waals surface area contributed by atoms with E-state index >= 15 is 0 Å². The van der Waals surface area contributed by atoms with Gasteiger partial charge in [-0.2, -0.15) is 0 Å². The molecule has 1 nitrogen and oxygen atoms in total. The minimum absolute atomic E-state index is 0.208. The second-order valence-electron chi connectivity index (χ2n) is 2.71. The summed E-state index contributed by atoms with van der Waals surface area (Å²) >= 11 is 0. The Bertz CT molecular complexity index is 312. The molecule has 0 amide bonds. The highest BCUT2D eigenvalue weighted by Gasteiger charge is 2.16. The van der Waals surface area contributed by atoms with Crippen LogP contribution in [0.3, 0.4) is 0 Å². The van der Waals surface area contributed by atoms with Crippen molar-refractivity contribution >= 4 is 0 Å². The number of halogens is 3. The molecule has 4 heteroatoms. The van der Waals surface area contributed by atoms with Gasteiger partial charge in [-0.3, -0.25) is 0 Å². The van der Waals surface area contributed by atoms with Gasteiger partial charge in [0.15, 0.2) is 11.6 Å². The summed E-state index contributed by atoms with van der Waals surface area (Å²) in [6.07, 6.45) is -0.954. The van der Waals surface area contributed by atoms with Crippen LogP contribution in [0.1, 0.15) is 25.0 Å². The molecule has 0 heterocycles. The van der Waals surface area contributed by atoms with Crippen LogP contribution >= 0.6 is 0 Å². The Morgan fingerprint density at radius 2 is 1.92 bits per heavy atom. The third-order valence-corrected chi connectivity index (χ3v) is 1.77. The molecule has 0 aliphatic rings. The van der Waals surface area contributed by atoms with E-state index in [0.717, 1.165) is 6.07 Å². The van der Waals surface area contributed by atoms with Crippen molar-refractivity contribution in [2.45, 2.75) is 19.4 Å². The molecule has 1 unspecified atom stereocenters. The summed E-state index contributed by atoms with van der Waals surface area (Å²) in [6, 6.07) is 1.24. The zero-order valence-electron chi connectivity index (χ0n) is 7.02. The summed E-state index contributed by atoms with van der Waals surface area (Å²) in [5, 5.41) is 9.19. The Morgan fingerprint density at radius 1 is 1.31 bits per heavy atom. The van der Waals surface area contributed by atoms with Crippen LogP contribution < -0.4 is 0 Å². The van der Waals surface area contributed by atoms with Gasteiger partial charge in [0.25, 0.3) is 0 Å². The number of hydrogen-bond donors (Lipinski definition) is 1. The highest BCUT2D eigenvalue weighted by Crippen LogP contribution is 2.22. The standard InChI is InChI=1S/C9H9F3O/c1-2-8(13)6-3-5(10)4-7(11)9(6)12/h3-4,8,13H,2H2,1H3. The van der Waals surface area contributed by atoms with E-state index in [-0.39, 0.29) is 12.0 Å². The van der Waals surface area contributed by atoms with E-state index in [1.54, 1.807) is 6.92 Å². The van der Waals surface area contributed by atoms with Crippen LogP contribution in [0.2, 0.25) is 0 Å². The molecule has 0 aromatic heterocycles. The molecule has 1 aromatic carbocycles. The third-order valence-electron chi connectivity index (χ3n) is 1.77. The van der Waals surface area contributed by atoms with E-state index in [2.05, 4.69) is 0 Å². The fourth-order valence-electron chi connectivity index (χ4n) is 1.04. The molecular weight excluding hydrogens is 181 g/mol. The highest BCUT2D eigenvalue weighted by molar-refractivity contribution is 5.22. The number of aliphatic hydroxyl groups is 1. The fraction of sp³-hybridized carbons (Fsp3) is 0.333.